The SMILES string of the molecule is O=C1N(Cc2ccccc2)[C@H]2[C@H](CS(=O)[C@H]2CCCCCO)N1Cc1ccccc1. The van der Waals surface area contributed by atoms with Crippen molar-refractivity contribution in [2.75, 3.05) is 12.4 Å². The van der Waals surface area contributed by atoms with Gasteiger partial charge in [0.2, 0.25) is 0 Å². The molecule has 2 saturated heterocycles. The molecule has 30 heavy (non-hydrogen) atoms. The van der Waals surface area contributed by atoms with E-state index in [1.165, 1.54) is 0 Å². The molecule has 2 aliphatic rings. The van der Waals surface area contributed by atoms with E-state index in [0.717, 1.165) is 36.8 Å². The summed E-state index contributed by atoms with van der Waals surface area (Å²) < 4.78 is 13.1. The number of urea groups is 1. The van der Waals surface area contributed by atoms with Gasteiger partial charge in [-0.05, 0) is 24.0 Å². The summed E-state index contributed by atoms with van der Waals surface area (Å²) in [7, 11) is -0.945. The van der Waals surface area contributed by atoms with E-state index in [-0.39, 0.29) is 30.0 Å². The van der Waals surface area contributed by atoms with Crippen molar-refractivity contribution in [1.82, 2.24) is 9.80 Å². The number of rotatable bonds is 9. The molecule has 0 aliphatic carbocycles. The summed E-state index contributed by atoms with van der Waals surface area (Å²) in [6, 6.07) is 20.1. The predicted octanol–water partition coefficient (Wildman–Crippen LogP) is 3.55. The summed E-state index contributed by atoms with van der Waals surface area (Å²) >= 11 is 0. The molecule has 4 atom stereocenters. The second kappa shape index (κ2) is 9.75. The molecule has 5 nitrogen and oxygen atoms in total. The Morgan fingerprint density at radius 3 is 2.07 bits per heavy atom. The highest BCUT2D eigenvalue weighted by molar-refractivity contribution is 7.86. The molecule has 0 spiro atoms. The minimum absolute atomic E-state index is 0.00197. The van der Waals surface area contributed by atoms with Crippen LogP contribution in [0, 0.1) is 0 Å². The molecule has 1 unspecified atom stereocenters. The number of aliphatic hydroxyl groups excluding tert-OH is 1. The van der Waals surface area contributed by atoms with Crippen molar-refractivity contribution in [2.45, 2.75) is 56.1 Å². The summed E-state index contributed by atoms with van der Waals surface area (Å²) in [6.45, 7) is 1.31. The Morgan fingerprint density at radius 2 is 1.47 bits per heavy atom. The van der Waals surface area contributed by atoms with Crippen molar-refractivity contribution in [1.29, 1.82) is 0 Å². The number of amides is 2. The fourth-order valence-electron chi connectivity index (χ4n) is 4.77. The first-order valence-electron chi connectivity index (χ1n) is 10.8. The average molecular weight is 427 g/mol. The van der Waals surface area contributed by atoms with Gasteiger partial charge in [-0.2, -0.15) is 0 Å². The highest BCUT2D eigenvalue weighted by Crippen LogP contribution is 2.38. The minimum atomic E-state index is -0.945. The Bertz CT molecular complexity index is 861. The van der Waals surface area contributed by atoms with Crippen LogP contribution in [0.1, 0.15) is 36.8 Å². The lowest BCUT2D eigenvalue weighted by Gasteiger charge is -2.27. The molecule has 6 heteroatoms. The van der Waals surface area contributed by atoms with Crippen molar-refractivity contribution in [3.05, 3.63) is 71.8 Å². The van der Waals surface area contributed by atoms with Crippen LogP contribution < -0.4 is 0 Å². The lowest BCUT2D eigenvalue weighted by atomic mass is 10.0. The van der Waals surface area contributed by atoms with Crippen LogP contribution in [0.5, 0.6) is 0 Å². The first-order valence-corrected chi connectivity index (χ1v) is 12.2. The zero-order valence-corrected chi connectivity index (χ0v) is 18.0. The maximum atomic E-state index is 13.5. The first-order chi connectivity index (χ1) is 14.7. The van der Waals surface area contributed by atoms with Crippen molar-refractivity contribution < 1.29 is 14.1 Å². The maximum Gasteiger partial charge on any atom is 0.321 e. The van der Waals surface area contributed by atoms with E-state index in [2.05, 4.69) is 0 Å². The lowest BCUT2D eigenvalue weighted by molar-refractivity contribution is 0.180. The fraction of sp³-hybridized carbons (Fsp3) is 0.458. The molecule has 0 radical (unpaired) electrons. The quantitative estimate of drug-likeness (QED) is 0.493. The molecule has 2 aromatic carbocycles. The van der Waals surface area contributed by atoms with Gasteiger partial charge in [-0.25, -0.2) is 4.79 Å². The fourth-order valence-corrected chi connectivity index (χ4v) is 6.80. The third-order valence-electron chi connectivity index (χ3n) is 6.24. The van der Waals surface area contributed by atoms with Crippen LogP contribution in [0.2, 0.25) is 0 Å². The Balaban J connectivity index is 1.57. The second-order valence-electron chi connectivity index (χ2n) is 8.23. The van der Waals surface area contributed by atoms with Gasteiger partial charge in [0.1, 0.15) is 0 Å². The minimum Gasteiger partial charge on any atom is -0.396 e. The van der Waals surface area contributed by atoms with Crippen LogP contribution in [0.25, 0.3) is 0 Å². The van der Waals surface area contributed by atoms with Gasteiger partial charge >= 0.3 is 6.03 Å². The van der Waals surface area contributed by atoms with Gasteiger partial charge in [0, 0.05) is 36.2 Å². The predicted molar refractivity (Wildman–Crippen MR) is 119 cm³/mol. The zero-order valence-electron chi connectivity index (χ0n) is 17.2. The smallest absolute Gasteiger partial charge is 0.321 e. The Hall–Kier alpha value is -2.18. The number of unbranched alkanes of at least 4 members (excludes halogenated alkanes) is 2. The number of fused-ring (bicyclic) bond motifs is 1. The van der Waals surface area contributed by atoms with Crippen LogP contribution in [0.15, 0.2) is 60.7 Å². The molecular weight excluding hydrogens is 396 g/mol. The van der Waals surface area contributed by atoms with Crippen molar-refractivity contribution >= 4 is 16.8 Å². The summed E-state index contributed by atoms with van der Waals surface area (Å²) in [4.78, 5) is 17.4. The number of benzene rings is 2. The highest BCUT2D eigenvalue weighted by atomic mass is 32.2. The zero-order chi connectivity index (χ0) is 20.9. The summed E-state index contributed by atoms with van der Waals surface area (Å²) in [6.07, 6.45) is 3.49. The Morgan fingerprint density at radius 1 is 0.867 bits per heavy atom. The number of carbonyl (C=O) groups excluding carboxylic acids is 1. The molecule has 4 rings (SSSR count). The first kappa shape index (κ1) is 21.1. The molecule has 0 bridgehead atoms. The molecule has 2 heterocycles. The van der Waals surface area contributed by atoms with E-state index >= 15 is 0 Å². The van der Waals surface area contributed by atoms with Gasteiger partial charge in [-0.15, -0.1) is 0 Å². The van der Waals surface area contributed by atoms with Crippen LogP contribution >= 0.6 is 0 Å². The van der Waals surface area contributed by atoms with E-state index < -0.39 is 10.8 Å². The van der Waals surface area contributed by atoms with Crippen LogP contribution in [0.3, 0.4) is 0 Å². The molecule has 160 valence electrons. The molecule has 2 aromatic rings. The third-order valence-corrected chi connectivity index (χ3v) is 8.10. The normalized spacial score (nSPS) is 25.7. The van der Waals surface area contributed by atoms with Gasteiger partial charge < -0.3 is 14.9 Å². The van der Waals surface area contributed by atoms with Crippen molar-refractivity contribution in [3.8, 4) is 0 Å². The number of aliphatic hydroxyl groups is 1. The van der Waals surface area contributed by atoms with E-state index in [0.29, 0.717) is 18.8 Å². The van der Waals surface area contributed by atoms with Gasteiger partial charge in [0.25, 0.3) is 0 Å². The maximum absolute atomic E-state index is 13.5. The number of hydrogen-bond donors (Lipinski definition) is 1. The van der Waals surface area contributed by atoms with Gasteiger partial charge in [-0.1, -0.05) is 73.5 Å². The van der Waals surface area contributed by atoms with E-state index in [1.54, 1.807) is 0 Å². The molecule has 0 saturated carbocycles. The largest absolute Gasteiger partial charge is 0.396 e. The topological polar surface area (TPSA) is 60.9 Å². The van der Waals surface area contributed by atoms with Crippen molar-refractivity contribution in [2.24, 2.45) is 0 Å². The monoisotopic (exact) mass is 426 g/mol. The Labute approximate surface area is 181 Å². The summed E-state index contributed by atoms with van der Waals surface area (Å²) in [5.41, 5.74) is 2.20. The number of carbonyl (C=O) groups is 1. The average Bonchev–Trinajstić information content (AvgIpc) is 3.21. The standard InChI is InChI=1S/C24H30N2O3S/c27-15-9-3-8-14-22-23-21(18-30(22)29)25(16-19-10-4-1-5-11-19)24(28)26(23)17-20-12-6-2-7-13-20/h1-2,4-7,10-13,21-23,27H,3,8-9,14-18H2/t21-,22-,23-,30?/m0/s1. The molecule has 1 N–H and O–H groups in total. The Kier molecular flexibility index (Phi) is 6.85. The van der Waals surface area contributed by atoms with Crippen LogP contribution in [-0.2, 0) is 23.9 Å². The van der Waals surface area contributed by atoms with Gasteiger partial charge in [0.05, 0.1) is 17.3 Å². The molecule has 2 fully saturated rings. The second-order valence-corrected chi connectivity index (χ2v) is 9.93. The van der Waals surface area contributed by atoms with E-state index in [1.807, 2.05) is 70.5 Å². The molecule has 2 amide bonds. The van der Waals surface area contributed by atoms with E-state index in [9.17, 15) is 9.00 Å². The molecule has 2 aliphatic heterocycles. The highest BCUT2D eigenvalue weighted by Gasteiger charge is 2.55. The van der Waals surface area contributed by atoms with Crippen molar-refractivity contribution in [3.63, 3.8) is 0 Å². The lowest BCUT2D eigenvalue weighted by Crippen LogP contribution is -2.41. The van der Waals surface area contributed by atoms with Crippen LogP contribution in [0.4, 0.5) is 4.79 Å². The number of nitrogens with zero attached hydrogens (tertiary/aromatic N) is 2. The van der Waals surface area contributed by atoms with E-state index in [4.69, 9.17) is 5.11 Å². The third kappa shape index (κ3) is 4.44. The van der Waals surface area contributed by atoms with Gasteiger partial charge in [-0.3, -0.25) is 4.21 Å². The number of hydrogen-bond acceptors (Lipinski definition) is 3. The van der Waals surface area contributed by atoms with Gasteiger partial charge in [0.15, 0.2) is 0 Å². The molecule has 0 aromatic heterocycles. The summed E-state index contributed by atoms with van der Waals surface area (Å²) in [5.74, 6) is 0.555. The van der Waals surface area contributed by atoms with Crippen LogP contribution in [-0.4, -0.2) is 54.8 Å². The molecular formula is C24H30N2O3S. The summed E-state index contributed by atoms with van der Waals surface area (Å²) in [5, 5.41) is 9.06.